The predicted octanol–water partition coefficient (Wildman–Crippen LogP) is 4.30. The fraction of sp³-hybridized carbons (Fsp3) is 0.0930. The van der Waals surface area contributed by atoms with Crippen LogP contribution in [0.25, 0.3) is 11.0 Å². The van der Waals surface area contributed by atoms with E-state index in [1.165, 1.54) is 81.3 Å². The van der Waals surface area contributed by atoms with Gasteiger partial charge < -0.3 is 46.3 Å². The number of fused-ring (bicyclic) bond motifs is 1. The van der Waals surface area contributed by atoms with Gasteiger partial charge in [-0.25, -0.2) is 9.78 Å². The van der Waals surface area contributed by atoms with Crippen molar-refractivity contribution in [2.24, 2.45) is 0 Å². The van der Waals surface area contributed by atoms with Crippen LogP contribution in [0.15, 0.2) is 110 Å². The third-order valence-electron chi connectivity index (χ3n) is 9.43. The number of benzene rings is 4. The molecule has 21 nitrogen and oxygen atoms in total. The largest absolute Gasteiger partial charge is 0.504 e. The molecule has 0 radical (unpaired) electrons. The molecule has 21 heteroatoms. The van der Waals surface area contributed by atoms with Gasteiger partial charge in [0.1, 0.15) is 23.0 Å². The third-order valence-corrected chi connectivity index (χ3v) is 9.43. The van der Waals surface area contributed by atoms with Crippen LogP contribution in [0.1, 0.15) is 57.6 Å². The van der Waals surface area contributed by atoms with E-state index in [-0.39, 0.29) is 57.7 Å². The number of ether oxygens (including phenoxy) is 2. The quantitative estimate of drug-likeness (QED) is 0.0713. The molecule has 8 N–H and O–H groups in total. The number of rotatable bonds is 15. The van der Waals surface area contributed by atoms with Crippen LogP contribution in [0, 0.1) is 0 Å². The summed E-state index contributed by atoms with van der Waals surface area (Å²) in [6.45, 7) is 0. The summed E-state index contributed by atoms with van der Waals surface area (Å²) >= 11 is 0. The minimum absolute atomic E-state index is 0.00775. The molecule has 322 valence electrons. The van der Waals surface area contributed by atoms with Crippen LogP contribution < -0.4 is 36.1 Å². The molecule has 0 aliphatic rings. The minimum Gasteiger partial charge on any atom is -0.504 e. The normalized spacial score (nSPS) is 11.2. The Labute approximate surface area is 361 Å². The molecule has 7 rings (SSSR count). The molecule has 0 fully saturated rings. The lowest BCUT2D eigenvalue weighted by Crippen LogP contribution is -2.45. The zero-order chi connectivity index (χ0) is 45.3. The molecule has 3 heterocycles. The number of carbonyl (C=O) groups excluding carboxylic acids is 5. The van der Waals surface area contributed by atoms with Gasteiger partial charge in [0.05, 0.1) is 60.4 Å². The number of aromatic carboxylic acids is 1. The number of aromatic nitrogens is 6. The smallest absolute Gasteiger partial charge is 0.339 e. The van der Waals surface area contributed by atoms with Crippen molar-refractivity contribution in [1.29, 1.82) is 0 Å². The first-order chi connectivity index (χ1) is 30.9. The molecule has 0 aliphatic carbocycles. The molecule has 1 atom stereocenters. The molecule has 0 unspecified atom stereocenters. The average molecular weight is 866 g/mol. The molecular formula is C43H35N11O10. The lowest BCUT2D eigenvalue weighted by molar-refractivity contribution is -0.118. The number of phenols is 1. The van der Waals surface area contributed by atoms with E-state index in [1.54, 1.807) is 36.5 Å². The Kier molecular flexibility index (Phi) is 12.7. The first-order valence-electron chi connectivity index (χ1n) is 18.9. The number of methoxy groups -OCH3 is 2. The van der Waals surface area contributed by atoms with E-state index in [4.69, 9.17) is 9.47 Å². The number of carboxylic acid groups (broad SMARTS) is 1. The van der Waals surface area contributed by atoms with Gasteiger partial charge in [0, 0.05) is 41.2 Å². The van der Waals surface area contributed by atoms with Gasteiger partial charge in [0.15, 0.2) is 11.5 Å². The van der Waals surface area contributed by atoms with Crippen molar-refractivity contribution in [1.82, 2.24) is 35.7 Å². The number of nitrogens with zero attached hydrogens (tertiary/aromatic N) is 5. The maximum Gasteiger partial charge on any atom is 0.339 e. The molecule has 4 aromatic carbocycles. The first kappa shape index (κ1) is 42.8. The van der Waals surface area contributed by atoms with Crippen LogP contribution in [-0.4, -0.2) is 96.3 Å². The number of H-pyrrole nitrogens is 1. The van der Waals surface area contributed by atoms with Crippen molar-refractivity contribution in [2.75, 3.05) is 35.5 Å². The second-order valence-corrected chi connectivity index (χ2v) is 13.6. The first-order valence-corrected chi connectivity index (χ1v) is 18.9. The maximum atomic E-state index is 13.6. The van der Waals surface area contributed by atoms with Gasteiger partial charge in [-0.1, -0.05) is 0 Å². The topological polar surface area (TPSA) is 302 Å². The lowest BCUT2D eigenvalue weighted by Gasteiger charge is -2.18. The second-order valence-electron chi connectivity index (χ2n) is 13.6. The SMILES string of the molecule is COc1cc(C(=O)Nc2ccc(C(=O)O)c(O)c2OC)ccc1NC(=O)c1ccc(NC(=O)[C@H](Cc2cn[nH]n2)NC(=O)c2ccc(NC(=O)c3ccc4nccnc4c3)cc2)cn1. The van der Waals surface area contributed by atoms with Gasteiger partial charge in [0.2, 0.25) is 5.91 Å². The van der Waals surface area contributed by atoms with Crippen LogP contribution in [0.2, 0.25) is 0 Å². The van der Waals surface area contributed by atoms with Crippen molar-refractivity contribution in [3.05, 3.63) is 143 Å². The number of aromatic hydroxyl groups is 1. The van der Waals surface area contributed by atoms with E-state index in [9.17, 15) is 39.0 Å². The minimum atomic E-state index is -1.39. The van der Waals surface area contributed by atoms with Gasteiger partial charge in [-0.2, -0.15) is 15.4 Å². The van der Waals surface area contributed by atoms with E-state index in [0.717, 1.165) is 6.07 Å². The second kappa shape index (κ2) is 19.0. The number of nitrogens with one attached hydrogen (secondary N) is 6. The molecule has 0 bridgehead atoms. The maximum absolute atomic E-state index is 13.6. The molecule has 3 aromatic heterocycles. The highest BCUT2D eigenvalue weighted by molar-refractivity contribution is 6.09. The Hall–Kier alpha value is -9.27. The highest BCUT2D eigenvalue weighted by Gasteiger charge is 2.25. The van der Waals surface area contributed by atoms with Crippen LogP contribution in [-0.2, 0) is 11.2 Å². The lowest BCUT2D eigenvalue weighted by atomic mass is 10.1. The third kappa shape index (κ3) is 9.84. The van der Waals surface area contributed by atoms with Gasteiger partial charge in [-0.05, 0) is 84.9 Å². The van der Waals surface area contributed by atoms with E-state index < -0.39 is 47.0 Å². The van der Waals surface area contributed by atoms with E-state index in [1.807, 2.05) is 0 Å². The molecule has 0 spiro atoms. The summed E-state index contributed by atoms with van der Waals surface area (Å²) in [6, 6.07) is 19.2. The Morgan fingerprint density at radius 1 is 0.656 bits per heavy atom. The molecular weight excluding hydrogens is 831 g/mol. The standard InChI is InChI=1S/C43H35N11O10/c1-63-35-18-24(40(58)51-31-14-10-28(43(61)62)36(55)37(31)64-2)6-12-30(35)50-41(59)32-13-9-26(20-46-32)49-42(60)34(19-27-21-47-54-53-27)52-38(56)22-3-7-25(8-4-22)48-39(57)23-5-11-29-33(17-23)45-16-15-44-29/h3-18,20-21,34,55H,19H2,1-2H3,(H,48,57)(H,49,60)(H,50,59)(H,51,58)(H,52,56)(H,61,62)(H,47,53,54)/t34-/m0/s1. The summed E-state index contributed by atoms with van der Waals surface area (Å²) < 4.78 is 10.5. The number of hydrogen-bond acceptors (Lipinski definition) is 14. The molecule has 7 aromatic rings. The number of pyridine rings is 1. The van der Waals surface area contributed by atoms with Crippen molar-refractivity contribution in [2.45, 2.75) is 12.5 Å². The monoisotopic (exact) mass is 865 g/mol. The van der Waals surface area contributed by atoms with Crippen LogP contribution in [0.4, 0.5) is 22.7 Å². The Morgan fingerprint density at radius 2 is 1.33 bits per heavy atom. The summed E-state index contributed by atoms with van der Waals surface area (Å²) in [4.78, 5) is 90.1. The molecule has 5 amide bonds. The number of hydrogen-bond donors (Lipinski definition) is 8. The number of carbonyl (C=O) groups is 6. The van der Waals surface area contributed by atoms with Gasteiger partial charge >= 0.3 is 5.97 Å². The summed E-state index contributed by atoms with van der Waals surface area (Å²) in [5.41, 5.74) is 2.62. The van der Waals surface area contributed by atoms with Crippen molar-refractivity contribution in [3.8, 4) is 17.2 Å². The van der Waals surface area contributed by atoms with Gasteiger partial charge in [0.25, 0.3) is 23.6 Å². The molecule has 0 aliphatic heterocycles. The number of anilines is 4. The number of amides is 5. The zero-order valence-electron chi connectivity index (χ0n) is 33.6. The fourth-order valence-corrected chi connectivity index (χ4v) is 6.19. The highest BCUT2D eigenvalue weighted by atomic mass is 16.5. The van der Waals surface area contributed by atoms with Crippen LogP contribution >= 0.6 is 0 Å². The van der Waals surface area contributed by atoms with E-state index in [0.29, 0.717) is 28.0 Å². The molecule has 0 saturated heterocycles. The number of aromatic amines is 1. The summed E-state index contributed by atoms with van der Waals surface area (Å²) in [6.07, 6.45) is 5.72. The van der Waals surface area contributed by atoms with Gasteiger partial charge in [-0.3, -0.25) is 33.9 Å². The number of carboxylic acids is 1. The van der Waals surface area contributed by atoms with E-state index in [2.05, 4.69) is 56.9 Å². The predicted molar refractivity (Wildman–Crippen MR) is 229 cm³/mol. The van der Waals surface area contributed by atoms with Crippen LogP contribution in [0.3, 0.4) is 0 Å². The van der Waals surface area contributed by atoms with Crippen molar-refractivity contribution < 1.29 is 48.5 Å². The Morgan fingerprint density at radius 3 is 2.02 bits per heavy atom. The molecule has 0 saturated carbocycles. The Balaban J connectivity index is 0.966. The summed E-state index contributed by atoms with van der Waals surface area (Å²) in [5.74, 6) is -5.11. The van der Waals surface area contributed by atoms with Crippen molar-refractivity contribution in [3.63, 3.8) is 0 Å². The average Bonchev–Trinajstić information content (AvgIpc) is 3.82. The highest BCUT2D eigenvalue weighted by Crippen LogP contribution is 2.38. The fourth-order valence-electron chi connectivity index (χ4n) is 6.19. The summed E-state index contributed by atoms with van der Waals surface area (Å²) in [5, 5.41) is 43.2. The van der Waals surface area contributed by atoms with E-state index >= 15 is 0 Å². The molecule has 64 heavy (non-hydrogen) atoms. The van der Waals surface area contributed by atoms with Crippen molar-refractivity contribution >= 4 is 69.3 Å². The van der Waals surface area contributed by atoms with Crippen LogP contribution in [0.5, 0.6) is 17.2 Å². The van der Waals surface area contributed by atoms with Gasteiger partial charge in [-0.15, -0.1) is 0 Å². The summed E-state index contributed by atoms with van der Waals surface area (Å²) in [7, 11) is 2.53. The Bertz CT molecular complexity index is 2910. The zero-order valence-corrected chi connectivity index (χ0v) is 33.6.